The number of hydrogen-bond acceptors (Lipinski definition) is 3. The Bertz CT molecular complexity index is 1350. The first kappa shape index (κ1) is 22.1. The van der Waals surface area contributed by atoms with Crippen LogP contribution in [0.5, 0.6) is 5.75 Å². The predicted octanol–water partition coefficient (Wildman–Crippen LogP) is 6.31. The van der Waals surface area contributed by atoms with Crippen LogP contribution in [0.1, 0.15) is 52.4 Å². The van der Waals surface area contributed by atoms with E-state index in [4.69, 9.17) is 4.74 Å². The largest absolute Gasteiger partial charge is 0.489 e. The molecule has 0 radical (unpaired) electrons. The number of benzene rings is 4. The maximum Gasteiger partial charge on any atom is 0.335 e. The predicted molar refractivity (Wildman–Crippen MR) is 131 cm³/mol. The van der Waals surface area contributed by atoms with E-state index in [0.717, 1.165) is 17.4 Å². The second-order valence-electron chi connectivity index (χ2n) is 8.84. The number of carbonyl (C=O) groups is 1. The highest BCUT2D eigenvalue weighted by molar-refractivity contribution is 5.88. The topological polar surface area (TPSA) is 58.6 Å². The van der Waals surface area contributed by atoms with Gasteiger partial charge in [0.05, 0.1) is 5.56 Å². The van der Waals surface area contributed by atoms with Crippen LogP contribution in [0.2, 0.25) is 0 Å². The van der Waals surface area contributed by atoms with Gasteiger partial charge in [-0.05, 0) is 59.5 Å². The zero-order valence-corrected chi connectivity index (χ0v) is 18.9. The van der Waals surface area contributed by atoms with E-state index in [-0.39, 0.29) is 23.6 Å². The minimum Gasteiger partial charge on any atom is -0.489 e. The number of carboxylic acids is 1. The lowest BCUT2D eigenvalue weighted by Crippen LogP contribution is -2.37. The molecule has 4 aromatic rings. The van der Waals surface area contributed by atoms with Crippen molar-refractivity contribution in [2.24, 2.45) is 0 Å². The molecule has 0 spiro atoms. The molecule has 3 atom stereocenters. The van der Waals surface area contributed by atoms with E-state index < -0.39 is 11.8 Å². The van der Waals surface area contributed by atoms with Crippen molar-refractivity contribution >= 4 is 16.7 Å². The average Bonchev–Trinajstić information content (AvgIpc) is 2.86. The number of aromatic carboxylic acids is 1. The summed E-state index contributed by atoms with van der Waals surface area (Å²) in [6.07, 6.45) is 0.475. The summed E-state index contributed by atoms with van der Waals surface area (Å²) < 4.78 is 20.6. The smallest absolute Gasteiger partial charge is 0.335 e. The summed E-state index contributed by atoms with van der Waals surface area (Å²) in [6.45, 7) is 2.75. The molecule has 0 fully saturated rings. The quantitative estimate of drug-likeness (QED) is 0.358. The standard InChI is InChI=1S/C29H26FNO3/c1-18(24-11-6-8-19-7-2-3-9-25(19)24)31-17-23-16-27(26-10-4-5-12-28(26)34-23)20-13-21(29(32)33)15-22(30)14-20/h2-15,18,23,27,31H,16-17H2,1H3,(H,32,33)/t18?,23-,27+/m1/s1. The summed E-state index contributed by atoms with van der Waals surface area (Å²) in [5.74, 6) is -1.08. The molecule has 1 unspecified atom stereocenters. The minimum absolute atomic E-state index is 0.0433. The van der Waals surface area contributed by atoms with Gasteiger partial charge in [0.1, 0.15) is 17.7 Å². The first-order chi connectivity index (χ1) is 16.5. The fourth-order valence-electron chi connectivity index (χ4n) is 4.92. The number of para-hydroxylation sites is 1. The molecule has 2 N–H and O–H groups in total. The number of carboxylic acid groups (broad SMARTS) is 1. The molecular formula is C29H26FNO3. The van der Waals surface area contributed by atoms with E-state index in [0.29, 0.717) is 18.5 Å². The Kier molecular flexibility index (Phi) is 6.03. The van der Waals surface area contributed by atoms with Gasteiger partial charge in [-0.15, -0.1) is 0 Å². The van der Waals surface area contributed by atoms with Crippen molar-refractivity contribution in [1.29, 1.82) is 0 Å². The van der Waals surface area contributed by atoms with Crippen molar-refractivity contribution in [3.63, 3.8) is 0 Å². The summed E-state index contributed by atoms with van der Waals surface area (Å²) in [7, 11) is 0. The second-order valence-corrected chi connectivity index (χ2v) is 8.84. The van der Waals surface area contributed by atoms with Crippen LogP contribution in [0.3, 0.4) is 0 Å². The normalized spacial score (nSPS) is 18.2. The number of hydrogen-bond donors (Lipinski definition) is 2. The van der Waals surface area contributed by atoms with Crippen LogP contribution in [0.4, 0.5) is 4.39 Å². The van der Waals surface area contributed by atoms with Crippen molar-refractivity contribution in [2.45, 2.75) is 31.4 Å². The van der Waals surface area contributed by atoms with Crippen LogP contribution in [0.25, 0.3) is 10.8 Å². The fraction of sp³-hybridized carbons (Fsp3) is 0.207. The second kappa shape index (κ2) is 9.27. The molecule has 34 heavy (non-hydrogen) atoms. The van der Waals surface area contributed by atoms with Gasteiger partial charge in [0.2, 0.25) is 0 Å². The van der Waals surface area contributed by atoms with Gasteiger partial charge in [0.15, 0.2) is 0 Å². The maximum absolute atomic E-state index is 14.3. The Morgan fingerprint density at radius 2 is 1.82 bits per heavy atom. The molecule has 0 aromatic heterocycles. The molecule has 0 saturated carbocycles. The molecule has 4 aromatic carbocycles. The lowest BCUT2D eigenvalue weighted by molar-refractivity contribution is 0.0696. The fourth-order valence-corrected chi connectivity index (χ4v) is 4.92. The Balaban J connectivity index is 1.39. The summed E-state index contributed by atoms with van der Waals surface area (Å²) in [6, 6.07) is 26.6. The van der Waals surface area contributed by atoms with Gasteiger partial charge in [-0.3, -0.25) is 0 Å². The van der Waals surface area contributed by atoms with Crippen molar-refractivity contribution in [3.05, 3.63) is 113 Å². The Morgan fingerprint density at radius 3 is 2.68 bits per heavy atom. The van der Waals surface area contributed by atoms with Crippen molar-refractivity contribution in [2.75, 3.05) is 6.54 Å². The molecule has 0 amide bonds. The molecule has 172 valence electrons. The number of halogens is 1. The third-order valence-corrected chi connectivity index (χ3v) is 6.60. The van der Waals surface area contributed by atoms with Gasteiger partial charge < -0.3 is 15.2 Å². The van der Waals surface area contributed by atoms with Crippen LogP contribution in [-0.4, -0.2) is 23.7 Å². The van der Waals surface area contributed by atoms with Crippen molar-refractivity contribution in [1.82, 2.24) is 5.32 Å². The summed E-state index contributed by atoms with van der Waals surface area (Å²) >= 11 is 0. The minimum atomic E-state index is -1.14. The van der Waals surface area contributed by atoms with Crippen LogP contribution in [0.15, 0.2) is 84.9 Å². The highest BCUT2D eigenvalue weighted by Gasteiger charge is 2.30. The molecule has 5 rings (SSSR count). The summed E-state index contributed by atoms with van der Waals surface area (Å²) in [5, 5.41) is 15.4. The lowest BCUT2D eigenvalue weighted by Gasteiger charge is -2.33. The number of rotatable bonds is 6. The molecule has 1 aliphatic rings. The Morgan fingerprint density at radius 1 is 1.06 bits per heavy atom. The van der Waals surface area contributed by atoms with Crippen LogP contribution in [0, 0.1) is 5.82 Å². The summed E-state index contributed by atoms with van der Waals surface area (Å²) in [4.78, 5) is 11.5. The van der Waals surface area contributed by atoms with Crippen molar-refractivity contribution < 1.29 is 19.0 Å². The number of nitrogens with one attached hydrogen (secondary N) is 1. The maximum atomic E-state index is 14.3. The SMILES string of the molecule is CC(NC[C@H]1C[C@@H](c2cc(F)cc(C(=O)O)c2)c2ccccc2O1)c1cccc2ccccc12. The molecule has 4 nitrogen and oxygen atoms in total. The van der Waals surface area contributed by atoms with Gasteiger partial charge in [0, 0.05) is 24.1 Å². The average molecular weight is 456 g/mol. The van der Waals surface area contributed by atoms with Crippen LogP contribution < -0.4 is 10.1 Å². The van der Waals surface area contributed by atoms with E-state index in [1.807, 2.05) is 30.3 Å². The first-order valence-corrected chi connectivity index (χ1v) is 11.5. The zero-order chi connectivity index (χ0) is 23.7. The Labute approximate surface area is 198 Å². The van der Waals surface area contributed by atoms with E-state index in [1.165, 1.54) is 22.4 Å². The van der Waals surface area contributed by atoms with E-state index in [2.05, 4.69) is 48.6 Å². The third kappa shape index (κ3) is 4.39. The molecular weight excluding hydrogens is 429 g/mol. The Hall–Kier alpha value is -3.70. The lowest BCUT2D eigenvalue weighted by atomic mass is 9.83. The van der Waals surface area contributed by atoms with E-state index in [1.54, 1.807) is 6.07 Å². The highest BCUT2D eigenvalue weighted by atomic mass is 19.1. The van der Waals surface area contributed by atoms with E-state index in [9.17, 15) is 14.3 Å². The monoisotopic (exact) mass is 455 g/mol. The molecule has 1 aliphatic heterocycles. The first-order valence-electron chi connectivity index (χ1n) is 11.5. The number of ether oxygens (including phenoxy) is 1. The van der Waals surface area contributed by atoms with Gasteiger partial charge in [0.25, 0.3) is 0 Å². The number of fused-ring (bicyclic) bond motifs is 2. The van der Waals surface area contributed by atoms with Crippen LogP contribution >= 0.6 is 0 Å². The van der Waals surface area contributed by atoms with Gasteiger partial charge >= 0.3 is 5.97 Å². The summed E-state index contributed by atoms with van der Waals surface area (Å²) in [5.41, 5.74) is 2.78. The van der Waals surface area contributed by atoms with Gasteiger partial charge in [-0.1, -0.05) is 60.7 Å². The van der Waals surface area contributed by atoms with Gasteiger partial charge in [-0.25, -0.2) is 9.18 Å². The van der Waals surface area contributed by atoms with Crippen LogP contribution in [-0.2, 0) is 0 Å². The highest BCUT2D eigenvalue weighted by Crippen LogP contribution is 2.40. The molecule has 0 saturated heterocycles. The zero-order valence-electron chi connectivity index (χ0n) is 18.9. The van der Waals surface area contributed by atoms with E-state index >= 15 is 0 Å². The molecule has 1 heterocycles. The molecule has 0 bridgehead atoms. The van der Waals surface area contributed by atoms with Crippen molar-refractivity contribution in [3.8, 4) is 5.75 Å². The van der Waals surface area contributed by atoms with Gasteiger partial charge in [-0.2, -0.15) is 0 Å². The molecule has 5 heteroatoms. The molecule has 0 aliphatic carbocycles. The third-order valence-electron chi connectivity index (χ3n) is 6.60.